The summed E-state index contributed by atoms with van der Waals surface area (Å²) in [5.74, 6) is -0.185. The quantitative estimate of drug-likeness (QED) is 0.669. The van der Waals surface area contributed by atoms with Gasteiger partial charge in [0.05, 0.1) is 6.61 Å². The number of hydrogen-bond acceptors (Lipinski definition) is 2. The van der Waals surface area contributed by atoms with Gasteiger partial charge in [0.2, 0.25) is 0 Å². The Bertz CT molecular complexity index is 273. The van der Waals surface area contributed by atoms with Crippen LogP contribution in [0.3, 0.4) is 0 Å². The Morgan fingerprint density at radius 3 is 2.53 bits per heavy atom. The Kier molecular flexibility index (Phi) is 5.29. The van der Waals surface area contributed by atoms with Gasteiger partial charge in [0.15, 0.2) is 0 Å². The molecule has 15 heavy (non-hydrogen) atoms. The summed E-state index contributed by atoms with van der Waals surface area (Å²) < 4.78 is 17.9. The van der Waals surface area contributed by atoms with Gasteiger partial charge in [-0.05, 0) is 31.7 Å². The maximum atomic E-state index is 12.6. The number of nitrogens with zero attached hydrogens (tertiary/aromatic N) is 1. The molecule has 0 saturated heterocycles. The number of rotatable bonds is 6. The molecule has 0 aromatic heterocycles. The monoisotopic (exact) mass is 211 g/mol. The molecule has 0 radical (unpaired) electrons. The van der Waals surface area contributed by atoms with Crippen molar-refractivity contribution in [2.24, 2.45) is 0 Å². The van der Waals surface area contributed by atoms with Crippen molar-refractivity contribution >= 4 is 0 Å². The van der Waals surface area contributed by atoms with E-state index in [1.807, 2.05) is 26.1 Å². The molecular weight excluding hydrogens is 193 g/mol. The van der Waals surface area contributed by atoms with Crippen molar-refractivity contribution in [3.05, 3.63) is 35.6 Å². The van der Waals surface area contributed by atoms with Crippen molar-refractivity contribution < 1.29 is 9.13 Å². The van der Waals surface area contributed by atoms with Crippen LogP contribution in [0.25, 0.3) is 0 Å². The van der Waals surface area contributed by atoms with Crippen molar-refractivity contribution in [3.63, 3.8) is 0 Å². The fourth-order valence-corrected chi connectivity index (χ4v) is 1.35. The van der Waals surface area contributed by atoms with E-state index in [-0.39, 0.29) is 5.82 Å². The zero-order chi connectivity index (χ0) is 11.1. The molecule has 0 fully saturated rings. The van der Waals surface area contributed by atoms with Crippen LogP contribution in [-0.2, 0) is 11.3 Å². The maximum absolute atomic E-state index is 12.6. The Balaban J connectivity index is 2.31. The Morgan fingerprint density at radius 2 is 1.93 bits per heavy atom. The van der Waals surface area contributed by atoms with Gasteiger partial charge >= 0.3 is 0 Å². The molecule has 0 aliphatic carbocycles. The smallest absolute Gasteiger partial charge is 0.123 e. The highest BCUT2D eigenvalue weighted by Crippen LogP contribution is 2.05. The minimum absolute atomic E-state index is 0.185. The van der Waals surface area contributed by atoms with Crippen LogP contribution in [0.4, 0.5) is 4.39 Å². The molecule has 0 N–H and O–H groups in total. The third-order valence-corrected chi connectivity index (χ3v) is 2.19. The van der Waals surface area contributed by atoms with Crippen LogP contribution in [0.15, 0.2) is 24.3 Å². The van der Waals surface area contributed by atoms with Crippen LogP contribution >= 0.6 is 0 Å². The lowest BCUT2D eigenvalue weighted by Crippen LogP contribution is -2.22. The Morgan fingerprint density at radius 1 is 1.27 bits per heavy atom. The molecule has 0 saturated carbocycles. The first kappa shape index (κ1) is 12.1. The van der Waals surface area contributed by atoms with Crippen molar-refractivity contribution in [1.29, 1.82) is 0 Å². The molecule has 0 unspecified atom stereocenters. The third-order valence-electron chi connectivity index (χ3n) is 2.19. The summed E-state index contributed by atoms with van der Waals surface area (Å²) in [6.45, 7) is 5.21. The SMILES string of the molecule is CCOCCN(C)Cc1ccc(F)cc1. The fourth-order valence-electron chi connectivity index (χ4n) is 1.35. The molecule has 0 aliphatic rings. The molecule has 1 rings (SSSR count). The van der Waals surface area contributed by atoms with E-state index in [2.05, 4.69) is 4.90 Å². The van der Waals surface area contributed by atoms with Gasteiger partial charge in [-0.1, -0.05) is 12.1 Å². The minimum atomic E-state index is -0.185. The van der Waals surface area contributed by atoms with Crippen LogP contribution < -0.4 is 0 Å². The van der Waals surface area contributed by atoms with E-state index >= 15 is 0 Å². The molecular formula is C12H18FNO. The van der Waals surface area contributed by atoms with Crippen molar-refractivity contribution in [2.75, 3.05) is 26.8 Å². The van der Waals surface area contributed by atoms with Gasteiger partial charge in [-0.25, -0.2) is 4.39 Å². The lowest BCUT2D eigenvalue weighted by molar-refractivity contribution is 0.120. The first-order valence-electron chi connectivity index (χ1n) is 5.23. The van der Waals surface area contributed by atoms with Gasteiger partial charge in [0, 0.05) is 19.7 Å². The zero-order valence-corrected chi connectivity index (χ0v) is 9.37. The normalized spacial score (nSPS) is 10.9. The summed E-state index contributed by atoms with van der Waals surface area (Å²) in [7, 11) is 2.03. The van der Waals surface area contributed by atoms with Crippen molar-refractivity contribution in [2.45, 2.75) is 13.5 Å². The highest BCUT2D eigenvalue weighted by Gasteiger charge is 2.00. The summed E-state index contributed by atoms with van der Waals surface area (Å²) in [5, 5.41) is 0. The highest BCUT2D eigenvalue weighted by atomic mass is 19.1. The van der Waals surface area contributed by atoms with E-state index in [0.717, 1.165) is 31.9 Å². The first-order valence-corrected chi connectivity index (χ1v) is 5.23. The van der Waals surface area contributed by atoms with Crippen LogP contribution in [0, 0.1) is 5.82 Å². The van der Waals surface area contributed by atoms with E-state index in [1.165, 1.54) is 12.1 Å². The molecule has 1 aromatic carbocycles. The molecule has 0 heterocycles. The number of hydrogen-bond donors (Lipinski definition) is 0. The fraction of sp³-hybridized carbons (Fsp3) is 0.500. The number of ether oxygens (including phenoxy) is 1. The predicted molar refractivity (Wildman–Crippen MR) is 59.2 cm³/mol. The highest BCUT2D eigenvalue weighted by molar-refractivity contribution is 5.15. The van der Waals surface area contributed by atoms with E-state index in [4.69, 9.17) is 4.74 Å². The average Bonchev–Trinajstić information content (AvgIpc) is 2.22. The van der Waals surface area contributed by atoms with E-state index in [1.54, 1.807) is 0 Å². The predicted octanol–water partition coefficient (Wildman–Crippen LogP) is 2.29. The first-order chi connectivity index (χ1) is 7.22. The number of halogens is 1. The topological polar surface area (TPSA) is 12.5 Å². The Labute approximate surface area is 90.7 Å². The van der Waals surface area contributed by atoms with Crippen LogP contribution in [0.2, 0.25) is 0 Å². The minimum Gasteiger partial charge on any atom is -0.380 e. The van der Waals surface area contributed by atoms with Crippen LogP contribution in [0.1, 0.15) is 12.5 Å². The average molecular weight is 211 g/mol. The van der Waals surface area contributed by atoms with Gasteiger partial charge in [-0.3, -0.25) is 4.90 Å². The van der Waals surface area contributed by atoms with Crippen molar-refractivity contribution in [1.82, 2.24) is 4.90 Å². The molecule has 0 spiro atoms. The molecule has 84 valence electrons. The summed E-state index contributed by atoms with van der Waals surface area (Å²) in [6, 6.07) is 6.61. The molecule has 1 aromatic rings. The van der Waals surface area contributed by atoms with E-state index in [0.29, 0.717) is 0 Å². The molecule has 0 aliphatic heterocycles. The van der Waals surface area contributed by atoms with E-state index < -0.39 is 0 Å². The van der Waals surface area contributed by atoms with Crippen LogP contribution in [0.5, 0.6) is 0 Å². The second-order valence-electron chi connectivity index (χ2n) is 3.56. The standard InChI is InChI=1S/C12H18FNO/c1-3-15-9-8-14(2)10-11-4-6-12(13)7-5-11/h4-7H,3,8-10H2,1-2H3. The summed E-state index contributed by atoms with van der Waals surface area (Å²) in [5.41, 5.74) is 1.12. The van der Waals surface area contributed by atoms with Gasteiger partial charge in [-0.15, -0.1) is 0 Å². The molecule has 0 amide bonds. The number of likely N-dealkylation sites (N-methyl/N-ethyl adjacent to an activating group) is 1. The zero-order valence-electron chi connectivity index (χ0n) is 9.37. The maximum Gasteiger partial charge on any atom is 0.123 e. The Hall–Kier alpha value is -0.930. The largest absolute Gasteiger partial charge is 0.380 e. The van der Waals surface area contributed by atoms with Gasteiger partial charge in [0.25, 0.3) is 0 Å². The summed E-state index contributed by atoms with van der Waals surface area (Å²) in [6.07, 6.45) is 0. The molecule has 0 bridgehead atoms. The lowest BCUT2D eigenvalue weighted by Gasteiger charge is -2.16. The molecule has 3 heteroatoms. The van der Waals surface area contributed by atoms with Gasteiger partial charge in [0.1, 0.15) is 5.82 Å². The molecule has 2 nitrogen and oxygen atoms in total. The van der Waals surface area contributed by atoms with Gasteiger partial charge in [-0.2, -0.15) is 0 Å². The second-order valence-corrected chi connectivity index (χ2v) is 3.56. The molecule has 0 atom stereocenters. The number of benzene rings is 1. The van der Waals surface area contributed by atoms with Gasteiger partial charge < -0.3 is 4.74 Å². The second kappa shape index (κ2) is 6.53. The summed E-state index contributed by atoms with van der Waals surface area (Å²) in [4.78, 5) is 2.16. The summed E-state index contributed by atoms with van der Waals surface area (Å²) >= 11 is 0. The third kappa shape index (κ3) is 4.91. The van der Waals surface area contributed by atoms with E-state index in [9.17, 15) is 4.39 Å². The van der Waals surface area contributed by atoms with Crippen molar-refractivity contribution in [3.8, 4) is 0 Å². The lowest BCUT2D eigenvalue weighted by atomic mass is 10.2. The van der Waals surface area contributed by atoms with Crippen LogP contribution in [-0.4, -0.2) is 31.7 Å².